The van der Waals surface area contributed by atoms with Crippen LogP contribution in [0.2, 0.25) is 0 Å². The number of carbonyl (C=O) groups is 3. The first-order valence-corrected chi connectivity index (χ1v) is 9.24. The highest BCUT2D eigenvalue weighted by atomic mass is 16.4. The highest BCUT2D eigenvalue weighted by Crippen LogP contribution is 2.21. The molecular formula is C19H30N4O4. The molecule has 4 N–H and O–H groups in total. The number of carboxylic acid groups (broad SMARTS) is 1. The first-order valence-electron chi connectivity index (χ1n) is 9.24. The number of pyridine rings is 1. The van der Waals surface area contributed by atoms with Crippen LogP contribution in [0.3, 0.4) is 0 Å². The molecule has 3 unspecified atom stereocenters. The van der Waals surface area contributed by atoms with Gasteiger partial charge in [-0.1, -0.05) is 26.7 Å². The van der Waals surface area contributed by atoms with E-state index in [4.69, 9.17) is 10.8 Å². The minimum absolute atomic E-state index is 0.0692. The van der Waals surface area contributed by atoms with E-state index in [1.54, 1.807) is 6.20 Å². The van der Waals surface area contributed by atoms with E-state index in [0.717, 1.165) is 29.7 Å². The number of carboxylic acids is 1. The number of urea groups is 1. The minimum atomic E-state index is -1.14. The Hall–Kier alpha value is -2.64. The van der Waals surface area contributed by atoms with Crippen molar-refractivity contribution in [2.75, 3.05) is 5.73 Å². The third kappa shape index (κ3) is 6.54. The molecule has 2 heterocycles. The monoisotopic (exact) mass is 378 g/mol. The van der Waals surface area contributed by atoms with Crippen LogP contribution in [0, 0.1) is 12.8 Å². The average Bonchev–Trinajstić information content (AvgIpc) is 2.57. The van der Waals surface area contributed by atoms with Crippen LogP contribution in [-0.4, -0.2) is 45.0 Å². The molecule has 1 aromatic heterocycles. The van der Waals surface area contributed by atoms with Gasteiger partial charge in [-0.25, -0.2) is 19.5 Å². The van der Waals surface area contributed by atoms with Crippen molar-refractivity contribution < 1.29 is 19.5 Å². The van der Waals surface area contributed by atoms with Crippen molar-refractivity contribution in [1.29, 1.82) is 0 Å². The number of aliphatic carboxylic acids is 1. The lowest BCUT2D eigenvalue weighted by Crippen LogP contribution is -2.63. The van der Waals surface area contributed by atoms with Crippen molar-refractivity contribution in [1.82, 2.24) is 15.2 Å². The van der Waals surface area contributed by atoms with E-state index in [2.05, 4.69) is 24.1 Å². The number of nitrogens with zero attached hydrogens (tertiary/aromatic N) is 2. The number of hydrogen-bond donors (Lipinski definition) is 3. The molecule has 0 radical (unpaired) electrons. The molecule has 1 aromatic rings. The highest BCUT2D eigenvalue weighted by Gasteiger charge is 2.45. The maximum Gasteiger partial charge on any atom is 0.327 e. The Morgan fingerprint density at radius 2 is 2.11 bits per heavy atom. The topological polar surface area (TPSA) is 126 Å². The molecule has 150 valence electrons. The van der Waals surface area contributed by atoms with Crippen LogP contribution in [0.4, 0.5) is 10.6 Å². The molecule has 0 spiro atoms. The molecule has 0 aliphatic carbocycles. The lowest BCUT2D eigenvalue weighted by molar-refractivity contribution is -0.157. The zero-order valence-electron chi connectivity index (χ0n) is 16.4. The van der Waals surface area contributed by atoms with E-state index in [0.29, 0.717) is 11.7 Å². The van der Waals surface area contributed by atoms with Crippen molar-refractivity contribution in [2.24, 2.45) is 5.92 Å². The molecule has 3 atom stereocenters. The Kier molecular flexibility index (Phi) is 8.71. The van der Waals surface area contributed by atoms with Gasteiger partial charge in [0.15, 0.2) is 0 Å². The predicted molar refractivity (Wildman–Crippen MR) is 103 cm³/mol. The standard InChI is InChI=1S/C13H22N2O4.C6H8N2/c1-4-6-9(5-2)8(3)14-13(19)15-10(12(17)18)7-11(15)16;1-5-2-3-8-6(7)4-5/h8-10H,4-7H2,1-3H3,(H,14,19)(H,17,18);2-4H,1H3,(H2,7,8). The fraction of sp³-hybridized carbons (Fsp3) is 0.579. The molecule has 0 bridgehead atoms. The van der Waals surface area contributed by atoms with Crippen molar-refractivity contribution in [2.45, 2.75) is 65.5 Å². The van der Waals surface area contributed by atoms with E-state index < -0.39 is 23.9 Å². The molecule has 0 aromatic carbocycles. The van der Waals surface area contributed by atoms with E-state index in [9.17, 15) is 14.4 Å². The van der Waals surface area contributed by atoms with Gasteiger partial charge in [0, 0.05) is 12.2 Å². The van der Waals surface area contributed by atoms with Gasteiger partial charge >= 0.3 is 12.0 Å². The summed E-state index contributed by atoms with van der Waals surface area (Å²) in [4.78, 5) is 38.7. The molecule has 2 rings (SSSR count). The highest BCUT2D eigenvalue weighted by molar-refractivity contribution is 6.05. The Morgan fingerprint density at radius 1 is 1.44 bits per heavy atom. The van der Waals surface area contributed by atoms with Crippen LogP contribution in [0.5, 0.6) is 0 Å². The Morgan fingerprint density at radius 3 is 2.52 bits per heavy atom. The maximum atomic E-state index is 11.9. The number of hydrogen-bond acceptors (Lipinski definition) is 5. The maximum absolute atomic E-state index is 11.9. The number of likely N-dealkylation sites (tertiary alicyclic amines) is 1. The van der Waals surface area contributed by atoms with E-state index in [1.807, 2.05) is 26.0 Å². The zero-order valence-corrected chi connectivity index (χ0v) is 16.4. The van der Waals surface area contributed by atoms with Crippen LogP contribution < -0.4 is 11.1 Å². The number of carbonyl (C=O) groups excluding carboxylic acids is 2. The van der Waals surface area contributed by atoms with E-state index >= 15 is 0 Å². The Balaban J connectivity index is 0.000000377. The van der Waals surface area contributed by atoms with Gasteiger partial charge in [0.2, 0.25) is 5.91 Å². The third-order valence-electron chi connectivity index (χ3n) is 4.63. The van der Waals surface area contributed by atoms with E-state index in [-0.39, 0.29) is 12.5 Å². The van der Waals surface area contributed by atoms with Gasteiger partial charge in [-0.05, 0) is 43.9 Å². The lowest BCUT2D eigenvalue weighted by Gasteiger charge is -2.37. The number of aryl methyl sites for hydroxylation is 1. The normalized spacial score (nSPS) is 17.9. The van der Waals surface area contributed by atoms with Crippen LogP contribution >= 0.6 is 0 Å². The minimum Gasteiger partial charge on any atom is -0.480 e. The van der Waals surface area contributed by atoms with Gasteiger partial charge in [0.05, 0.1) is 6.42 Å². The summed E-state index contributed by atoms with van der Waals surface area (Å²) < 4.78 is 0. The zero-order chi connectivity index (χ0) is 20.6. The van der Waals surface area contributed by atoms with Crippen LogP contribution in [0.1, 0.15) is 52.0 Å². The second-order valence-corrected chi connectivity index (χ2v) is 6.78. The number of nitrogens with two attached hydrogens (primary N) is 1. The second kappa shape index (κ2) is 10.5. The van der Waals surface area contributed by atoms with Gasteiger partial charge in [0.25, 0.3) is 0 Å². The van der Waals surface area contributed by atoms with Gasteiger partial charge in [-0.3, -0.25) is 4.79 Å². The first kappa shape index (κ1) is 22.4. The molecule has 1 fully saturated rings. The number of β-lactam (4-membered cyclic amide) rings is 1. The second-order valence-electron chi connectivity index (χ2n) is 6.78. The summed E-state index contributed by atoms with van der Waals surface area (Å²) in [5, 5.41) is 11.6. The fourth-order valence-corrected chi connectivity index (χ4v) is 2.99. The van der Waals surface area contributed by atoms with Crippen molar-refractivity contribution >= 4 is 23.7 Å². The van der Waals surface area contributed by atoms with Crippen molar-refractivity contribution in [3.63, 3.8) is 0 Å². The SMILES string of the molecule is CCCC(CC)C(C)NC(=O)N1C(=O)CC1C(=O)O.Cc1ccnc(N)c1. The number of amides is 3. The molecule has 8 nitrogen and oxygen atoms in total. The average molecular weight is 378 g/mol. The quantitative estimate of drug-likeness (QED) is 0.653. The summed E-state index contributed by atoms with van der Waals surface area (Å²) in [6.45, 7) is 8.01. The first-order chi connectivity index (χ1) is 12.7. The predicted octanol–water partition coefficient (Wildman–Crippen LogP) is 2.57. The number of rotatable bonds is 6. The summed E-state index contributed by atoms with van der Waals surface area (Å²) in [5.41, 5.74) is 6.50. The number of nitrogens with one attached hydrogen (secondary N) is 1. The molecule has 1 aliphatic heterocycles. The molecule has 1 saturated heterocycles. The molecule has 0 saturated carbocycles. The van der Waals surface area contributed by atoms with Crippen molar-refractivity contribution in [3.05, 3.63) is 23.9 Å². The molecule has 3 amide bonds. The number of imide groups is 1. The van der Waals surface area contributed by atoms with Gasteiger partial charge in [0.1, 0.15) is 11.9 Å². The summed E-state index contributed by atoms with van der Waals surface area (Å²) in [7, 11) is 0. The van der Waals surface area contributed by atoms with Gasteiger partial charge in [-0.15, -0.1) is 0 Å². The number of aromatic nitrogens is 1. The van der Waals surface area contributed by atoms with E-state index in [1.165, 1.54) is 0 Å². The van der Waals surface area contributed by atoms with Crippen molar-refractivity contribution in [3.8, 4) is 0 Å². The summed E-state index contributed by atoms with van der Waals surface area (Å²) >= 11 is 0. The molecule has 1 aliphatic rings. The van der Waals surface area contributed by atoms with Gasteiger partial charge < -0.3 is 16.2 Å². The smallest absolute Gasteiger partial charge is 0.327 e. The third-order valence-corrected chi connectivity index (χ3v) is 4.63. The Labute approximate surface area is 160 Å². The van der Waals surface area contributed by atoms with Crippen LogP contribution in [0.15, 0.2) is 18.3 Å². The summed E-state index contributed by atoms with van der Waals surface area (Å²) in [6.07, 6.45) is 4.56. The number of nitrogen functional groups attached to an aromatic ring is 1. The molecule has 27 heavy (non-hydrogen) atoms. The lowest BCUT2D eigenvalue weighted by atomic mass is 9.93. The Bertz CT molecular complexity index is 648. The molecule has 8 heteroatoms. The summed E-state index contributed by atoms with van der Waals surface area (Å²) in [5.74, 6) is -0.637. The van der Waals surface area contributed by atoms with Gasteiger partial charge in [-0.2, -0.15) is 0 Å². The summed E-state index contributed by atoms with van der Waals surface area (Å²) in [6, 6.07) is 2.08. The van der Waals surface area contributed by atoms with Crippen LogP contribution in [-0.2, 0) is 9.59 Å². The molecular weight excluding hydrogens is 348 g/mol. The number of anilines is 1. The largest absolute Gasteiger partial charge is 0.480 e. The fourth-order valence-electron chi connectivity index (χ4n) is 2.99. The van der Waals surface area contributed by atoms with Crippen LogP contribution in [0.25, 0.3) is 0 Å².